The predicted octanol–water partition coefficient (Wildman–Crippen LogP) is 1.95. The summed E-state index contributed by atoms with van der Waals surface area (Å²) < 4.78 is 39.4. The third-order valence-corrected chi connectivity index (χ3v) is 4.70. The van der Waals surface area contributed by atoms with Crippen molar-refractivity contribution in [3.05, 3.63) is 29.6 Å². The summed E-state index contributed by atoms with van der Waals surface area (Å²) in [6, 6.07) is 2.71. The Kier molecular flexibility index (Phi) is 6.44. The molecule has 0 fully saturated rings. The molecule has 0 unspecified atom stereocenters. The minimum atomic E-state index is -3.81. The standard InChI is InChI=1S/C12H16FNO4S2/c1-19-7-3-2-6-14-20(17,18)9-4-5-11(13)10(8-9)12(15)16/h4-5,8,14H,2-3,6-7H2,1H3,(H,15,16). The molecule has 0 aliphatic rings. The van der Waals surface area contributed by atoms with Gasteiger partial charge in [-0.05, 0) is 43.0 Å². The monoisotopic (exact) mass is 321 g/mol. The van der Waals surface area contributed by atoms with Gasteiger partial charge in [0.2, 0.25) is 10.0 Å². The molecule has 0 spiro atoms. The van der Waals surface area contributed by atoms with Crippen LogP contribution in [0.5, 0.6) is 0 Å². The van der Waals surface area contributed by atoms with Crippen LogP contribution >= 0.6 is 11.8 Å². The van der Waals surface area contributed by atoms with E-state index in [1.807, 2.05) is 6.26 Å². The number of carboxylic acids is 1. The SMILES string of the molecule is CSCCCCNS(=O)(=O)c1ccc(F)c(C(=O)O)c1. The summed E-state index contributed by atoms with van der Waals surface area (Å²) in [5.41, 5.74) is -0.657. The molecule has 112 valence electrons. The van der Waals surface area contributed by atoms with Gasteiger partial charge in [0.1, 0.15) is 5.82 Å². The molecule has 0 saturated carbocycles. The van der Waals surface area contributed by atoms with Crippen molar-refractivity contribution in [2.75, 3.05) is 18.6 Å². The summed E-state index contributed by atoms with van der Waals surface area (Å²) in [6.07, 6.45) is 3.54. The summed E-state index contributed by atoms with van der Waals surface area (Å²) in [4.78, 5) is 10.5. The zero-order valence-electron chi connectivity index (χ0n) is 10.9. The number of benzene rings is 1. The van der Waals surface area contributed by atoms with E-state index in [-0.39, 0.29) is 11.4 Å². The van der Waals surface area contributed by atoms with Gasteiger partial charge in [0, 0.05) is 6.54 Å². The number of halogens is 1. The van der Waals surface area contributed by atoms with E-state index in [0.29, 0.717) is 6.42 Å². The van der Waals surface area contributed by atoms with E-state index in [1.165, 1.54) is 0 Å². The molecule has 0 aromatic heterocycles. The van der Waals surface area contributed by atoms with Gasteiger partial charge in [-0.2, -0.15) is 11.8 Å². The molecule has 0 heterocycles. The molecular formula is C12H16FNO4S2. The Labute approximate surface area is 121 Å². The van der Waals surface area contributed by atoms with Gasteiger partial charge in [0.15, 0.2) is 0 Å². The maximum absolute atomic E-state index is 13.2. The second-order valence-electron chi connectivity index (χ2n) is 4.04. The van der Waals surface area contributed by atoms with Crippen molar-refractivity contribution < 1.29 is 22.7 Å². The minimum Gasteiger partial charge on any atom is -0.478 e. The average molecular weight is 321 g/mol. The van der Waals surface area contributed by atoms with Gasteiger partial charge < -0.3 is 5.11 Å². The van der Waals surface area contributed by atoms with Crippen LogP contribution in [0.2, 0.25) is 0 Å². The highest BCUT2D eigenvalue weighted by molar-refractivity contribution is 7.98. The summed E-state index contributed by atoms with van der Waals surface area (Å²) in [6.45, 7) is 0.267. The van der Waals surface area contributed by atoms with Crippen molar-refractivity contribution in [2.24, 2.45) is 0 Å². The van der Waals surface area contributed by atoms with Crippen molar-refractivity contribution >= 4 is 27.8 Å². The van der Waals surface area contributed by atoms with Crippen molar-refractivity contribution in [2.45, 2.75) is 17.7 Å². The Morgan fingerprint density at radius 2 is 2.10 bits per heavy atom. The molecule has 0 amide bonds. The number of unbranched alkanes of at least 4 members (excludes halogenated alkanes) is 1. The largest absolute Gasteiger partial charge is 0.478 e. The topological polar surface area (TPSA) is 83.5 Å². The molecule has 0 bridgehead atoms. The van der Waals surface area contributed by atoms with Crippen molar-refractivity contribution in [3.63, 3.8) is 0 Å². The lowest BCUT2D eigenvalue weighted by Gasteiger charge is -2.07. The quantitative estimate of drug-likeness (QED) is 0.715. The molecule has 0 radical (unpaired) electrons. The van der Waals surface area contributed by atoms with Crippen LogP contribution in [0.4, 0.5) is 4.39 Å². The Hall–Kier alpha value is -1.12. The summed E-state index contributed by atoms with van der Waals surface area (Å²) in [5.74, 6) is -1.52. The third kappa shape index (κ3) is 4.77. The fraction of sp³-hybridized carbons (Fsp3) is 0.417. The Morgan fingerprint density at radius 3 is 2.70 bits per heavy atom. The lowest BCUT2D eigenvalue weighted by molar-refractivity contribution is 0.0691. The van der Waals surface area contributed by atoms with E-state index >= 15 is 0 Å². The zero-order valence-corrected chi connectivity index (χ0v) is 12.6. The normalized spacial score (nSPS) is 11.5. The van der Waals surface area contributed by atoms with Crippen LogP contribution < -0.4 is 4.72 Å². The summed E-state index contributed by atoms with van der Waals surface area (Å²) in [5, 5.41) is 8.77. The van der Waals surface area contributed by atoms with Crippen LogP contribution in [-0.4, -0.2) is 38.0 Å². The Bertz CT molecular complexity index is 575. The molecule has 0 saturated heterocycles. The van der Waals surface area contributed by atoms with E-state index in [0.717, 1.165) is 30.4 Å². The van der Waals surface area contributed by atoms with Crippen molar-refractivity contribution in [3.8, 4) is 0 Å². The number of thioether (sulfide) groups is 1. The number of carboxylic acid groups (broad SMARTS) is 1. The van der Waals surface area contributed by atoms with Crippen molar-refractivity contribution in [1.82, 2.24) is 4.72 Å². The molecule has 8 heteroatoms. The fourth-order valence-electron chi connectivity index (χ4n) is 1.50. The van der Waals surface area contributed by atoms with E-state index in [4.69, 9.17) is 5.11 Å². The number of hydrogen-bond acceptors (Lipinski definition) is 4. The number of rotatable bonds is 8. The van der Waals surface area contributed by atoms with Crippen LogP contribution in [0.1, 0.15) is 23.2 Å². The second kappa shape index (κ2) is 7.61. The minimum absolute atomic E-state index is 0.249. The van der Waals surface area contributed by atoms with Gasteiger partial charge in [-0.15, -0.1) is 0 Å². The van der Waals surface area contributed by atoms with Crippen LogP contribution in [0, 0.1) is 5.82 Å². The smallest absolute Gasteiger partial charge is 0.338 e. The van der Waals surface area contributed by atoms with Gasteiger partial charge in [0.05, 0.1) is 10.5 Å². The third-order valence-electron chi connectivity index (χ3n) is 2.55. The molecule has 1 aromatic rings. The number of sulfonamides is 1. The summed E-state index contributed by atoms with van der Waals surface area (Å²) >= 11 is 1.68. The first-order chi connectivity index (χ1) is 9.38. The molecule has 0 atom stereocenters. The molecule has 0 aliphatic carbocycles. The van der Waals surface area contributed by atoms with Gasteiger partial charge in [0.25, 0.3) is 0 Å². The fourth-order valence-corrected chi connectivity index (χ4v) is 3.09. The average Bonchev–Trinajstić information content (AvgIpc) is 2.38. The molecule has 0 aliphatic heterocycles. The number of hydrogen-bond donors (Lipinski definition) is 2. The van der Waals surface area contributed by atoms with Crippen molar-refractivity contribution in [1.29, 1.82) is 0 Å². The maximum atomic E-state index is 13.2. The highest BCUT2D eigenvalue weighted by Crippen LogP contribution is 2.15. The van der Waals surface area contributed by atoms with E-state index < -0.39 is 27.4 Å². The van der Waals surface area contributed by atoms with Gasteiger partial charge in [-0.1, -0.05) is 0 Å². The lowest BCUT2D eigenvalue weighted by Crippen LogP contribution is -2.25. The molecular weight excluding hydrogens is 305 g/mol. The van der Waals surface area contributed by atoms with Gasteiger partial charge in [-0.25, -0.2) is 22.3 Å². The molecule has 2 N–H and O–H groups in total. The number of aromatic carboxylic acids is 1. The van der Waals surface area contributed by atoms with Gasteiger partial charge >= 0.3 is 5.97 Å². The van der Waals surface area contributed by atoms with E-state index in [9.17, 15) is 17.6 Å². The Morgan fingerprint density at radius 1 is 1.40 bits per heavy atom. The highest BCUT2D eigenvalue weighted by atomic mass is 32.2. The first kappa shape index (κ1) is 16.9. The van der Waals surface area contributed by atoms with Crippen LogP contribution in [0.15, 0.2) is 23.1 Å². The molecule has 1 aromatic carbocycles. The first-order valence-corrected chi connectivity index (χ1v) is 8.77. The highest BCUT2D eigenvalue weighted by Gasteiger charge is 2.18. The van der Waals surface area contributed by atoms with Crippen LogP contribution in [0.25, 0.3) is 0 Å². The zero-order chi connectivity index (χ0) is 15.2. The molecule has 5 nitrogen and oxygen atoms in total. The molecule has 1 rings (SSSR count). The van der Waals surface area contributed by atoms with E-state index in [1.54, 1.807) is 11.8 Å². The Balaban J connectivity index is 2.77. The lowest BCUT2D eigenvalue weighted by atomic mass is 10.2. The van der Waals surface area contributed by atoms with E-state index in [2.05, 4.69) is 4.72 Å². The van der Waals surface area contributed by atoms with Gasteiger partial charge in [-0.3, -0.25) is 0 Å². The molecule has 20 heavy (non-hydrogen) atoms. The maximum Gasteiger partial charge on any atom is 0.338 e. The second-order valence-corrected chi connectivity index (χ2v) is 6.80. The first-order valence-electron chi connectivity index (χ1n) is 5.90. The number of carbonyl (C=O) groups is 1. The predicted molar refractivity (Wildman–Crippen MR) is 76.2 cm³/mol. The van der Waals surface area contributed by atoms with Crippen LogP contribution in [0.3, 0.4) is 0 Å². The number of nitrogens with one attached hydrogen (secondary N) is 1. The van der Waals surface area contributed by atoms with Crippen LogP contribution in [-0.2, 0) is 10.0 Å². The summed E-state index contributed by atoms with van der Waals surface area (Å²) in [7, 11) is -3.81.